The average molecular weight is 118 g/mol. The van der Waals surface area contributed by atoms with Crippen LogP contribution in [0, 0.1) is 0 Å². The second-order valence-corrected chi connectivity index (χ2v) is 1.93. The van der Waals surface area contributed by atoms with E-state index in [1.54, 1.807) is 0 Å². The fraction of sp³-hybridized carbons (Fsp3) is 1.00. The number of hydrazine groups is 3. The van der Waals surface area contributed by atoms with Crippen LogP contribution >= 0.6 is 0 Å². The lowest BCUT2D eigenvalue weighted by molar-refractivity contribution is -0.443. The van der Waals surface area contributed by atoms with Gasteiger partial charge in [0, 0.05) is 0 Å². The first-order chi connectivity index (χ1) is 3.80. The first kappa shape index (κ1) is 5.93. The highest BCUT2D eigenvalue weighted by atomic mass is 15.8. The smallest absolute Gasteiger partial charge is 0.168 e. The Morgan fingerprint density at radius 2 is 1.88 bits per heavy atom. The first-order valence-corrected chi connectivity index (χ1v) is 2.65. The van der Waals surface area contributed by atoms with E-state index in [2.05, 4.69) is 27.7 Å². The van der Waals surface area contributed by atoms with Crippen LogP contribution < -0.4 is 27.7 Å². The van der Waals surface area contributed by atoms with Crippen molar-refractivity contribution in [3.05, 3.63) is 0 Å². The molecule has 2 atom stereocenters. The second-order valence-electron chi connectivity index (χ2n) is 1.93. The summed E-state index contributed by atoms with van der Waals surface area (Å²) < 4.78 is 0. The van der Waals surface area contributed by atoms with E-state index < -0.39 is 0 Å². The predicted molar refractivity (Wildman–Crippen MR) is 28.7 cm³/mol. The third-order valence-electron chi connectivity index (χ3n) is 1.22. The summed E-state index contributed by atoms with van der Waals surface area (Å²) in [5.41, 5.74) is 15.1. The lowest BCUT2D eigenvalue weighted by Gasteiger charge is -2.25. The minimum absolute atomic E-state index is 0.219. The highest BCUT2D eigenvalue weighted by Crippen LogP contribution is 1.79. The third-order valence-corrected chi connectivity index (χ3v) is 1.22. The Labute approximate surface area is 47.9 Å². The van der Waals surface area contributed by atoms with Gasteiger partial charge in [0.05, 0.1) is 6.04 Å². The summed E-state index contributed by atoms with van der Waals surface area (Å²) >= 11 is 0. The molecule has 1 heterocycles. The number of hydrogen-bond acceptors (Lipinski definition) is 4. The van der Waals surface area contributed by atoms with Gasteiger partial charge >= 0.3 is 0 Å². The number of quaternary nitrogens is 1. The van der Waals surface area contributed by atoms with Gasteiger partial charge in [0.15, 0.2) is 6.17 Å². The normalized spacial score (nSPS) is 39.8. The molecule has 1 fully saturated rings. The molecule has 1 saturated heterocycles. The van der Waals surface area contributed by atoms with Crippen LogP contribution in [0.2, 0.25) is 0 Å². The topological polar surface area (TPSA) is 75.8 Å². The molecular formula is C3H12N5+. The first-order valence-electron chi connectivity index (χ1n) is 2.65. The van der Waals surface area contributed by atoms with Crippen molar-refractivity contribution in [3.8, 4) is 0 Å². The standard InChI is InChI=1S/C3H11N5/c1-2-3(4)6-8-7-5-2/h2-3,5-8H,4H2,1H3/p+1. The van der Waals surface area contributed by atoms with E-state index in [0.717, 1.165) is 0 Å². The van der Waals surface area contributed by atoms with Gasteiger partial charge < -0.3 is 5.73 Å². The second kappa shape index (κ2) is 2.38. The van der Waals surface area contributed by atoms with Gasteiger partial charge in [0.2, 0.25) is 0 Å². The van der Waals surface area contributed by atoms with Crippen molar-refractivity contribution in [3.63, 3.8) is 0 Å². The maximum Gasteiger partial charge on any atom is 0.168 e. The summed E-state index contributed by atoms with van der Waals surface area (Å²) in [6.45, 7) is 2.04. The molecule has 0 aromatic rings. The quantitative estimate of drug-likeness (QED) is 0.236. The zero-order valence-corrected chi connectivity index (χ0v) is 4.86. The Bertz CT molecular complexity index is 64.1. The van der Waals surface area contributed by atoms with E-state index >= 15 is 0 Å². The molecule has 48 valence electrons. The predicted octanol–water partition coefficient (Wildman–Crippen LogP) is -2.94. The van der Waals surface area contributed by atoms with Gasteiger partial charge in [0.1, 0.15) is 0 Å². The lowest BCUT2D eigenvalue weighted by Crippen LogP contribution is -2.83. The molecule has 1 rings (SSSR count). The Morgan fingerprint density at radius 1 is 1.25 bits per heavy atom. The molecule has 0 radical (unpaired) electrons. The summed E-state index contributed by atoms with van der Waals surface area (Å²) in [7, 11) is 0. The van der Waals surface area contributed by atoms with Crippen LogP contribution in [0.1, 0.15) is 6.92 Å². The summed E-state index contributed by atoms with van der Waals surface area (Å²) in [5, 5.41) is 0. The van der Waals surface area contributed by atoms with Crippen molar-refractivity contribution in [2.24, 2.45) is 0 Å². The van der Waals surface area contributed by atoms with Crippen LogP contribution in [0.25, 0.3) is 0 Å². The highest BCUT2D eigenvalue weighted by molar-refractivity contribution is 4.64. The van der Waals surface area contributed by atoms with E-state index in [0.29, 0.717) is 6.04 Å². The van der Waals surface area contributed by atoms with Crippen molar-refractivity contribution in [2.75, 3.05) is 0 Å². The van der Waals surface area contributed by atoms with E-state index in [-0.39, 0.29) is 6.17 Å². The molecule has 0 spiro atoms. The maximum atomic E-state index is 3.80. The minimum atomic E-state index is 0.219. The molecule has 2 unspecified atom stereocenters. The molecular weight excluding hydrogens is 106 g/mol. The van der Waals surface area contributed by atoms with Crippen molar-refractivity contribution < 1.29 is 5.73 Å². The Hall–Kier alpha value is -0.200. The SMILES string of the molecule is CC1NNNNC1[NH3+]. The lowest BCUT2D eigenvalue weighted by atomic mass is 10.3. The average Bonchev–Trinajstić information content (AvgIpc) is 1.77. The molecule has 1 aliphatic rings. The number of nitrogens with one attached hydrogen (secondary N) is 4. The largest absolute Gasteiger partial charge is 0.340 e. The molecule has 7 N–H and O–H groups in total. The summed E-state index contributed by atoms with van der Waals surface area (Å²) in [5.74, 6) is 0. The van der Waals surface area contributed by atoms with Crippen LogP contribution in [-0.4, -0.2) is 12.2 Å². The fourth-order valence-electron chi connectivity index (χ4n) is 0.504. The molecule has 1 aliphatic heterocycles. The summed E-state index contributed by atoms with van der Waals surface area (Å²) in [6, 6.07) is 0.358. The van der Waals surface area contributed by atoms with Crippen LogP contribution in [0.15, 0.2) is 0 Å². The van der Waals surface area contributed by atoms with E-state index in [1.165, 1.54) is 0 Å². The molecule has 0 aromatic heterocycles. The van der Waals surface area contributed by atoms with Crippen molar-refractivity contribution in [1.29, 1.82) is 0 Å². The summed E-state index contributed by atoms with van der Waals surface area (Å²) in [4.78, 5) is 0. The Kier molecular flexibility index (Phi) is 1.77. The highest BCUT2D eigenvalue weighted by Gasteiger charge is 2.17. The van der Waals surface area contributed by atoms with Gasteiger partial charge in [-0.15, -0.1) is 0 Å². The molecule has 0 aromatic carbocycles. The summed E-state index contributed by atoms with van der Waals surface area (Å²) in [6.07, 6.45) is 0.219. The van der Waals surface area contributed by atoms with Crippen LogP contribution in [0.4, 0.5) is 0 Å². The fourth-order valence-corrected chi connectivity index (χ4v) is 0.504. The molecule has 8 heavy (non-hydrogen) atoms. The van der Waals surface area contributed by atoms with Gasteiger partial charge in [-0.1, -0.05) is 0 Å². The Balaban J connectivity index is 2.28. The third kappa shape index (κ3) is 1.15. The van der Waals surface area contributed by atoms with Crippen LogP contribution in [0.5, 0.6) is 0 Å². The zero-order valence-electron chi connectivity index (χ0n) is 4.86. The number of rotatable bonds is 0. The Morgan fingerprint density at radius 3 is 2.25 bits per heavy atom. The van der Waals surface area contributed by atoms with E-state index in [9.17, 15) is 0 Å². The molecule has 0 amide bonds. The molecule has 5 nitrogen and oxygen atoms in total. The van der Waals surface area contributed by atoms with Gasteiger partial charge in [-0.3, -0.25) is 0 Å². The van der Waals surface area contributed by atoms with E-state index in [1.807, 2.05) is 6.92 Å². The minimum Gasteiger partial charge on any atom is -0.340 e. The van der Waals surface area contributed by atoms with Crippen LogP contribution in [-0.2, 0) is 0 Å². The van der Waals surface area contributed by atoms with Crippen molar-refractivity contribution in [2.45, 2.75) is 19.1 Å². The van der Waals surface area contributed by atoms with Crippen LogP contribution in [0.3, 0.4) is 0 Å². The van der Waals surface area contributed by atoms with Gasteiger partial charge in [-0.25, -0.2) is 5.43 Å². The van der Waals surface area contributed by atoms with Crippen molar-refractivity contribution in [1.82, 2.24) is 21.9 Å². The van der Waals surface area contributed by atoms with Gasteiger partial charge in [0.25, 0.3) is 0 Å². The maximum absolute atomic E-state index is 3.80. The monoisotopic (exact) mass is 118 g/mol. The van der Waals surface area contributed by atoms with Crippen molar-refractivity contribution >= 4 is 0 Å². The van der Waals surface area contributed by atoms with Gasteiger partial charge in [-0.2, -0.15) is 16.5 Å². The number of hydrogen-bond donors (Lipinski definition) is 5. The van der Waals surface area contributed by atoms with E-state index in [4.69, 9.17) is 0 Å². The molecule has 0 aliphatic carbocycles. The molecule has 5 heteroatoms. The zero-order chi connectivity index (χ0) is 5.98. The molecule has 0 saturated carbocycles. The van der Waals surface area contributed by atoms with Gasteiger partial charge in [-0.05, 0) is 6.92 Å². The molecule has 0 bridgehead atoms.